The molecule has 0 spiro atoms. The number of ether oxygens (including phenoxy) is 2. The van der Waals surface area contributed by atoms with Crippen molar-refractivity contribution in [2.45, 2.75) is 32.8 Å². The second kappa shape index (κ2) is 4.40. The Labute approximate surface area is 102 Å². The summed E-state index contributed by atoms with van der Waals surface area (Å²) < 4.78 is 10.9. The molecule has 0 aliphatic carbocycles. The number of benzene rings is 1. The fourth-order valence-electron chi connectivity index (χ4n) is 1.86. The van der Waals surface area contributed by atoms with Crippen LogP contribution in [-0.4, -0.2) is 18.2 Å². The standard InChI is InChI=1S/C14H18O3/c1-14(2,3)17-13(15)11-8-10-6-4-5-7-12(10)16-9-11/h4-7,11H,8-9H2,1-3H3. The SMILES string of the molecule is CC(C)(C)OC(=O)C1COc2ccccc2C1. The number of hydrogen-bond acceptors (Lipinski definition) is 3. The third-order valence-electron chi connectivity index (χ3n) is 2.62. The van der Waals surface area contributed by atoms with Gasteiger partial charge in [0, 0.05) is 0 Å². The lowest BCUT2D eigenvalue weighted by molar-refractivity contribution is -0.161. The Balaban J connectivity index is 2.05. The van der Waals surface area contributed by atoms with Crippen LogP contribution >= 0.6 is 0 Å². The van der Waals surface area contributed by atoms with E-state index in [1.54, 1.807) is 0 Å². The lowest BCUT2D eigenvalue weighted by Crippen LogP contribution is -2.34. The number of esters is 1. The lowest BCUT2D eigenvalue weighted by Gasteiger charge is -2.27. The molecule has 0 fully saturated rings. The van der Waals surface area contributed by atoms with Crippen molar-refractivity contribution < 1.29 is 14.3 Å². The smallest absolute Gasteiger partial charge is 0.313 e. The average molecular weight is 234 g/mol. The highest BCUT2D eigenvalue weighted by Gasteiger charge is 2.29. The Morgan fingerprint density at radius 1 is 1.35 bits per heavy atom. The van der Waals surface area contributed by atoms with Crippen molar-refractivity contribution in [2.75, 3.05) is 6.61 Å². The van der Waals surface area contributed by atoms with E-state index in [0.717, 1.165) is 11.3 Å². The van der Waals surface area contributed by atoms with Gasteiger partial charge >= 0.3 is 5.97 Å². The molecule has 0 radical (unpaired) electrons. The first-order valence-corrected chi connectivity index (χ1v) is 5.89. The summed E-state index contributed by atoms with van der Waals surface area (Å²) in [7, 11) is 0. The normalized spacial score (nSPS) is 19.1. The summed E-state index contributed by atoms with van der Waals surface area (Å²) in [6, 6.07) is 7.82. The first-order chi connectivity index (χ1) is 7.96. The van der Waals surface area contributed by atoms with Crippen molar-refractivity contribution in [1.82, 2.24) is 0 Å². The van der Waals surface area contributed by atoms with E-state index in [4.69, 9.17) is 9.47 Å². The molecule has 2 rings (SSSR count). The molecule has 92 valence electrons. The summed E-state index contributed by atoms with van der Waals surface area (Å²) >= 11 is 0. The van der Waals surface area contributed by atoms with Gasteiger partial charge in [0.15, 0.2) is 0 Å². The first kappa shape index (κ1) is 12.0. The Morgan fingerprint density at radius 2 is 2.06 bits per heavy atom. The summed E-state index contributed by atoms with van der Waals surface area (Å²) in [5, 5.41) is 0. The van der Waals surface area contributed by atoms with Crippen molar-refractivity contribution >= 4 is 5.97 Å². The molecule has 17 heavy (non-hydrogen) atoms. The number of carbonyl (C=O) groups excluding carboxylic acids is 1. The summed E-state index contributed by atoms with van der Waals surface area (Å²) in [6.45, 7) is 6.04. The van der Waals surface area contributed by atoms with Gasteiger partial charge < -0.3 is 9.47 Å². The zero-order chi connectivity index (χ0) is 12.5. The van der Waals surface area contributed by atoms with Crippen molar-refractivity contribution in [3.63, 3.8) is 0 Å². The molecule has 3 nitrogen and oxygen atoms in total. The van der Waals surface area contributed by atoms with E-state index in [-0.39, 0.29) is 11.9 Å². The summed E-state index contributed by atoms with van der Waals surface area (Å²) in [5.74, 6) is 0.517. The van der Waals surface area contributed by atoms with Crippen LogP contribution in [0.3, 0.4) is 0 Å². The van der Waals surface area contributed by atoms with Crippen LogP contribution in [-0.2, 0) is 16.0 Å². The molecular formula is C14H18O3. The van der Waals surface area contributed by atoms with Gasteiger partial charge in [0.1, 0.15) is 18.0 Å². The Morgan fingerprint density at radius 3 is 2.76 bits per heavy atom. The van der Waals surface area contributed by atoms with Gasteiger partial charge in [0.05, 0.1) is 5.92 Å². The molecule has 3 heteroatoms. The molecule has 1 aromatic carbocycles. The lowest BCUT2D eigenvalue weighted by atomic mass is 9.96. The summed E-state index contributed by atoms with van der Waals surface area (Å²) in [4.78, 5) is 11.9. The number of rotatable bonds is 1. The number of fused-ring (bicyclic) bond motifs is 1. The van der Waals surface area contributed by atoms with Crippen molar-refractivity contribution in [3.05, 3.63) is 29.8 Å². The second-order valence-corrected chi connectivity index (χ2v) is 5.35. The molecule has 0 saturated carbocycles. The zero-order valence-electron chi connectivity index (χ0n) is 10.5. The van der Waals surface area contributed by atoms with E-state index in [1.807, 2.05) is 45.0 Å². The van der Waals surface area contributed by atoms with Crippen LogP contribution in [0.1, 0.15) is 26.3 Å². The Kier molecular flexibility index (Phi) is 3.09. The van der Waals surface area contributed by atoms with Crippen molar-refractivity contribution in [2.24, 2.45) is 5.92 Å². The van der Waals surface area contributed by atoms with Crippen molar-refractivity contribution in [3.8, 4) is 5.75 Å². The van der Waals surface area contributed by atoms with Crippen LogP contribution in [0.5, 0.6) is 5.75 Å². The van der Waals surface area contributed by atoms with Crippen LogP contribution < -0.4 is 4.74 Å². The van der Waals surface area contributed by atoms with Crippen molar-refractivity contribution in [1.29, 1.82) is 0 Å². The van der Waals surface area contributed by atoms with E-state index in [0.29, 0.717) is 13.0 Å². The number of carbonyl (C=O) groups is 1. The maximum Gasteiger partial charge on any atom is 0.313 e. The topological polar surface area (TPSA) is 35.5 Å². The number of hydrogen-bond donors (Lipinski definition) is 0. The molecule has 1 atom stereocenters. The largest absolute Gasteiger partial charge is 0.492 e. The molecular weight excluding hydrogens is 216 g/mol. The molecule has 1 unspecified atom stereocenters. The molecule has 0 amide bonds. The van der Waals surface area contributed by atoms with Gasteiger partial charge in [-0.2, -0.15) is 0 Å². The van der Waals surface area contributed by atoms with E-state index in [1.165, 1.54) is 0 Å². The summed E-state index contributed by atoms with van der Waals surface area (Å²) in [5.41, 5.74) is 0.642. The Bertz CT molecular complexity index is 418. The second-order valence-electron chi connectivity index (χ2n) is 5.35. The van der Waals surface area contributed by atoms with Gasteiger partial charge in [-0.1, -0.05) is 18.2 Å². The predicted octanol–water partition coefficient (Wildman–Crippen LogP) is 2.58. The third kappa shape index (κ3) is 2.99. The predicted molar refractivity (Wildman–Crippen MR) is 65.0 cm³/mol. The monoisotopic (exact) mass is 234 g/mol. The van der Waals surface area contributed by atoms with Gasteiger partial charge in [-0.25, -0.2) is 0 Å². The van der Waals surface area contributed by atoms with E-state index in [2.05, 4.69) is 0 Å². The van der Waals surface area contributed by atoms with Crippen LogP contribution in [0.25, 0.3) is 0 Å². The Hall–Kier alpha value is -1.51. The highest BCUT2D eigenvalue weighted by Crippen LogP contribution is 2.28. The van der Waals surface area contributed by atoms with Gasteiger partial charge in [0.2, 0.25) is 0 Å². The van der Waals surface area contributed by atoms with E-state index >= 15 is 0 Å². The molecule has 1 aliphatic heterocycles. The van der Waals surface area contributed by atoms with E-state index < -0.39 is 5.60 Å². The molecule has 1 aliphatic rings. The quantitative estimate of drug-likeness (QED) is 0.701. The van der Waals surface area contributed by atoms with Gasteiger partial charge in [0.25, 0.3) is 0 Å². The molecule has 1 aromatic rings. The minimum absolute atomic E-state index is 0.174. The van der Waals surface area contributed by atoms with Crippen LogP contribution in [0.2, 0.25) is 0 Å². The third-order valence-corrected chi connectivity index (χ3v) is 2.62. The zero-order valence-corrected chi connectivity index (χ0v) is 10.5. The highest BCUT2D eigenvalue weighted by atomic mass is 16.6. The van der Waals surface area contributed by atoms with Crippen LogP contribution in [0, 0.1) is 5.92 Å². The minimum Gasteiger partial charge on any atom is -0.492 e. The molecule has 0 N–H and O–H groups in total. The molecule has 0 aromatic heterocycles. The maximum absolute atomic E-state index is 11.9. The first-order valence-electron chi connectivity index (χ1n) is 5.89. The van der Waals surface area contributed by atoms with Gasteiger partial charge in [-0.3, -0.25) is 4.79 Å². The average Bonchev–Trinajstić information content (AvgIpc) is 2.26. The van der Waals surface area contributed by atoms with Crippen LogP contribution in [0.4, 0.5) is 0 Å². The van der Waals surface area contributed by atoms with E-state index in [9.17, 15) is 4.79 Å². The molecule has 1 heterocycles. The number of para-hydroxylation sites is 1. The molecule has 0 bridgehead atoms. The minimum atomic E-state index is -0.436. The fraction of sp³-hybridized carbons (Fsp3) is 0.500. The maximum atomic E-state index is 11.9. The van der Waals surface area contributed by atoms with Crippen LogP contribution in [0.15, 0.2) is 24.3 Å². The van der Waals surface area contributed by atoms with Gasteiger partial charge in [-0.15, -0.1) is 0 Å². The highest BCUT2D eigenvalue weighted by molar-refractivity contribution is 5.74. The molecule has 0 saturated heterocycles. The fourth-order valence-corrected chi connectivity index (χ4v) is 1.86. The summed E-state index contributed by atoms with van der Waals surface area (Å²) in [6.07, 6.45) is 0.699. The van der Waals surface area contributed by atoms with Gasteiger partial charge in [-0.05, 0) is 38.8 Å².